The molecule has 0 spiro atoms. The first kappa shape index (κ1) is 17.8. The zero-order valence-electron chi connectivity index (χ0n) is 12.2. The average Bonchev–Trinajstić information content (AvgIpc) is 2.43. The Morgan fingerprint density at radius 2 is 1.76 bits per heavy atom. The van der Waals surface area contributed by atoms with Crippen LogP contribution in [0.4, 0.5) is 0 Å². The van der Waals surface area contributed by atoms with Crippen molar-refractivity contribution in [2.24, 2.45) is 5.73 Å². The molecule has 10 heteroatoms. The van der Waals surface area contributed by atoms with E-state index in [1.807, 2.05) is 0 Å². The predicted molar refractivity (Wildman–Crippen MR) is 75.6 cm³/mol. The van der Waals surface area contributed by atoms with E-state index in [2.05, 4.69) is 0 Å². The van der Waals surface area contributed by atoms with Gasteiger partial charge >= 0.3 is 5.97 Å². The summed E-state index contributed by atoms with van der Waals surface area (Å²) in [7, 11) is -0.565. The molecular weight excluding hydrogens is 300 g/mol. The summed E-state index contributed by atoms with van der Waals surface area (Å²) < 4.78 is 26.3. The van der Waals surface area contributed by atoms with Crippen molar-refractivity contribution in [1.29, 1.82) is 0 Å². The zero-order valence-corrected chi connectivity index (χ0v) is 13.0. The van der Waals surface area contributed by atoms with Crippen LogP contribution in [0.15, 0.2) is 0 Å². The second-order valence-corrected chi connectivity index (χ2v) is 7.20. The number of aliphatic carboxylic acids is 1. The zero-order chi connectivity index (χ0) is 16.2. The molecule has 1 unspecified atom stereocenters. The van der Waals surface area contributed by atoms with E-state index >= 15 is 0 Å². The maximum Gasteiger partial charge on any atom is 0.303 e. The largest absolute Gasteiger partial charge is 0.481 e. The summed E-state index contributed by atoms with van der Waals surface area (Å²) >= 11 is 0. The normalized spacial score (nSPS) is 18.8. The monoisotopic (exact) mass is 322 g/mol. The third-order valence-electron chi connectivity index (χ3n) is 3.32. The highest BCUT2D eigenvalue weighted by Gasteiger charge is 2.31. The first-order chi connectivity index (χ1) is 9.66. The number of nitrogens with two attached hydrogens (primary N) is 1. The van der Waals surface area contributed by atoms with Crippen molar-refractivity contribution in [2.75, 3.05) is 40.3 Å². The molecule has 0 aromatic heterocycles. The second kappa shape index (κ2) is 7.16. The first-order valence-electron chi connectivity index (χ1n) is 6.60. The van der Waals surface area contributed by atoms with E-state index in [0.29, 0.717) is 0 Å². The molecule has 1 amide bonds. The molecular formula is C11H22N4O5S. The molecule has 1 rings (SSSR count). The van der Waals surface area contributed by atoms with Crippen molar-refractivity contribution in [3.8, 4) is 0 Å². The highest BCUT2D eigenvalue weighted by atomic mass is 32.2. The quantitative estimate of drug-likeness (QED) is 0.590. The topological polar surface area (TPSA) is 124 Å². The summed E-state index contributed by atoms with van der Waals surface area (Å²) in [5.41, 5.74) is 5.67. The van der Waals surface area contributed by atoms with Crippen molar-refractivity contribution in [2.45, 2.75) is 18.9 Å². The van der Waals surface area contributed by atoms with E-state index < -0.39 is 22.2 Å². The fourth-order valence-electron chi connectivity index (χ4n) is 2.01. The first-order valence-corrected chi connectivity index (χ1v) is 7.99. The van der Waals surface area contributed by atoms with Crippen molar-refractivity contribution < 1.29 is 23.1 Å². The number of hydrogen-bond acceptors (Lipinski definition) is 5. The molecule has 0 aromatic rings. The summed E-state index contributed by atoms with van der Waals surface area (Å²) in [6, 6.07) is -0.863. The number of carboxylic acid groups (broad SMARTS) is 1. The molecule has 1 heterocycles. The summed E-state index contributed by atoms with van der Waals surface area (Å²) in [6.07, 6.45) is -0.0910. The van der Waals surface area contributed by atoms with Crippen LogP contribution in [0.5, 0.6) is 0 Å². The number of amides is 1. The number of piperazine rings is 1. The van der Waals surface area contributed by atoms with Crippen LogP contribution in [-0.4, -0.2) is 85.2 Å². The third-order valence-corrected chi connectivity index (χ3v) is 5.27. The summed E-state index contributed by atoms with van der Waals surface area (Å²) in [4.78, 5) is 24.0. The summed E-state index contributed by atoms with van der Waals surface area (Å²) in [5, 5.41) is 8.57. The minimum Gasteiger partial charge on any atom is -0.481 e. The molecule has 1 fully saturated rings. The van der Waals surface area contributed by atoms with Crippen LogP contribution in [0.25, 0.3) is 0 Å². The van der Waals surface area contributed by atoms with Gasteiger partial charge in [-0.3, -0.25) is 9.59 Å². The number of carbonyl (C=O) groups excluding carboxylic acids is 1. The van der Waals surface area contributed by atoms with Gasteiger partial charge in [0.15, 0.2) is 0 Å². The smallest absolute Gasteiger partial charge is 0.303 e. The molecule has 3 N–H and O–H groups in total. The van der Waals surface area contributed by atoms with Gasteiger partial charge in [0.05, 0.1) is 6.04 Å². The van der Waals surface area contributed by atoms with Crippen molar-refractivity contribution in [3.05, 3.63) is 0 Å². The Labute approximate surface area is 124 Å². The van der Waals surface area contributed by atoms with Gasteiger partial charge in [0.1, 0.15) is 0 Å². The van der Waals surface area contributed by atoms with Crippen LogP contribution >= 0.6 is 0 Å². The molecule has 1 aliphatic rings. The fraction of sp³-hybridized carbons (Fsp3) is 0.818. The van der Waals surface area contributed by atoms with Gasteiger partial charge in [-0.15, -0.1) is 0 Å². The van der Waals surface area contributed by atoms with Crippen LogP contribution in [0, 0.1) is 0 Å². The number of rotatable bonds is 6. The van der Waals surface area contributed by atoms with E-state index in [0.717, 1.165) is 4.31 Å². The van der Waals surface area contributed by atoms with Crippen LogP contribution in [0.3, 0.4) is 0 Å². The molecule has 122 valence electrons. The van der Waals surface area contributed by atoms with E-state index in [9.17, 15) is 18.0 Å². The highest BCUT2D eigenvalue weighted by molar-refractivity contribution is 7.86. The lowest BCUT2D eigenvalue weighted by molar-refractivity contribution is -0.138. The molecule has 1 atom stereocenters. The second-order valence-electron chi connectivity index (χ2n) is 5.05. The molecule has 9 nitrogen and oxygen atoms in total. The van der Waals surface area contributed by atoms with Crippen molar-refractivity contribution in [3.63, 3.8) is 0 Å². The van der Waals surface area contributed by atoms with Gasteiger partial charge in [-0.1, -0.05) is 0 Å². The fourth-order valence-corrected chi connectivity index (χ4v) is 3.09. The van der Waals surface area contributed by atoms with Crippen LogP contribution in [-0.2, 0) is 19.8 Å². The van der Waals surface area contributed by atoms with E-state index in [1.54, 1.807) is 0 Å². The lowest BCUT2D eigenvalue weighted by Crippen LogP contribution is -2.55. The highest BCUT2D eigenvalue weighted by Crippen LogP contribution is 2.11. The number of carbonyl (C=O) groups is 2. The molecule has 1 saturated heterocycles. The van der Waals surface area contributed by atoms with Gasteiger partial charge in [0, 0.05) is 46.7 Å². The maximum absolute atomic E-state index is 12.0. The van der Waals surface area contributed by atoms with Gasteiger partial charge < -0.3 is 15.7 Å². The van der Waals surface area contributed by atoms with Crippen molar-refractivity contribution >= 4 is 22.1 Å². The molecule has 0 aliphatic carbocycles. The molecule has 21 heavy (non-hydrogen) atoms. The molecule has 0 aromatic carbocycles. The van der Waals surface area contributed by atoms with Crippen molar-refractivity contribution in [1.82, 2.24) is 13.5 Å². The third kappa shape index (κ3) is 4.63. The number of nitrogens with zero attached hydrogens (tertiary/aromatic N) is 3. The van der Waals surface area contributed by atoms with E-state index in [-0.39, 0.29) is 44.9 Å². The van der Waals surface area contributed by atoms with Gasteiger partial charge in [-0.25, -0.2) is 0 Å². The minimum absolute atomic E-state index is 0.0738. The van der Waals surface area contributed by atoms with E-state index in [4.69, 9.17) is 10.8 Å². The Kier molecular flexibility index (Phi) is 6.08. The molecule has 0 radical (unpaired) electrons. The van der Waals surface area contributed by atoms with Crippen LogP contribution < -0.4 is 5.73 Å². The lowest BCUT2D eigenvalue weighted by atomic mass is 10.1. The Morgan fingerprint density at radius 1 is 1.24 bits per heavy atom. The van der Waals surface area contributed by atoms with Crippen LogP contribution in [0.1, 0.15) is 12.8 Å². The Balaban J connectivity index is 2.53. The van der Waals surface area contributed by atoms with Crippen LogP contribution in [0.2, 0.25) is 0 Å². The molecule has 0 saturated carbocycles. The van der Waals surface area contributed by atoms with Gasteiger partial charge in [-0.05, 0) is 6.42 Å². The number of hydrogen-bond donors (Lipinski definition) is 2. The van der Waals surface area contributed by atoms with Gasteiger partial charge in [0.2, 0.25) is 5.91 Å². The average molecular weight is 322 g/mol. The maximum atomic E-state index is 12.0. The van der Waals surface area contributed by atoms with Gasteiger partial charge in [0.25, 0.3) is 10.2 Å². The Bertz CT molecular complexity index is 485. The number of carboxylic acids is 1. The Morgan fingerprint density at radius 3 is 2.19 bits per heavy atom. The summed E-state index contributed by atoms with van der Waals surface area (Å²) in [5.74, 6) is -1.33. The van der Waals surface area contributed by atoms with Gasteiger partial charge in [-0.2, -0.15) is 17.0 Å². The minimum atomic E-state index is -3.47. The SMILES string of the molecule is CN(C)S(=O)(=O)N1CCN(C(=O)C(N)CCC(=O)O)CC1. The summed E-state index contributed by atoms with van der Waals surface area (Å²) in [6.45, 7) is 0.926. The Hall–Kier alpha value is -1.23. The van der Waals surface area contributed by atoms with E-state index in [1.165, 1.54) is 23.3 Å². The molecule has 1 aliphatic heterocycles. The molecule has 0 bridgehead atoms. The lowest BCUT2D eigenvalue weighted by Gasteiger charge is -2.36. The predicted octanol–water partition coefficient (Wildman–Crippen LogP) is -1.87. The standard InChI is InChI=1S/C11H22N4O5S/c1-13(2)21(19,20)15-7-5-14(6-8-15)11(18)9(12)3-4-10(16)17/h9H,3-8,12H2,1-2H3,(H,16,17).